The van der Waals surface area contributed by atoms with Gasteiger partial charge >= 0.3 is 23.9 Å². The highest BCUT2D eigenvalue weighted by Gasteiger charge is 2.20. The number of carboxylic acid groups (broad SMARTS) is 4. The van der Waals surface area contributed by atoms with Gasteiger partial charge in [0.15, 0.2) is 0 Å². The van der Waals surface area contributed by atoms with Crippen LogP contribution in [0.25, 0.3) is 0 Å². The fourth-order valence-corrected chi connectivity index (χ4v) is 2.98. The minimum Gasteiger partial charge on any atom is -0.480 e. The molecule has 0 aliphatic carbocycles. The normalized spacial score (nSPS) is 17.5. The second-order valence-electron chi connectivity index (χ2n) is 7.08. The van der Waals surface area contributed by atoms with Crippen LogP contribution in [0, 0.1) is 0 Å². The first-order valence-electron chi connectivity index (χ1n) is 9.80. The summed E-state index contributed by atoms with van der Waals surface area (Å²) in [4.78, 5) is 50.9. The molecule has 0 aromatic carbocycles. The van der Waals surface area contributed by atoms with Crippen LogP contribution in [0.2, 0.25) is 0 Å². The van der Waals surface area contributed by atoms with Gasteiger partial charge < -0.3 is 20.4 Å². The van der Waals surface area contributed by atoms with E-state index in [9.17, 15) is 19.2 Å². The molecule has 0 aromatic heterocycles. The molecule has 33 heavy (non-hydrogen) atoms. The smallest absolute Gasteiger partial charge is 0.317 e. The molecule has 0 aromatic rings. The highest BCUT2D eigenvalue weighted by molar-refractivity contribution is 6.58. The molecular weight excluding hydrogens is 507 g/mol. The van der Waals surface area contributed by atoms with Crippen molar-refractivity contribution in [2.24, 2.45) is 0 Å². The second kappa shape index (κ2) is 17.8. The Morgan fingerprint density at radius 3 is 0.788 bits per heavy atom. The van der Waals surface area contributed by atoms with Crippen LogP contribution in [-0.4, -0.2) is 142 Å². The Hall–Kier alpha value is -1.67. The van der Waals surface area contributed by atoms with E-state index in [1.165, 1.54) is 0 Å². The number of nitrogens with zero attached hydrogens (tertiary/aromatic N) is 4. The van der Waals surface area contributed by atoms with E-state index in [0.717, 1.165) is 5.54 Å². The molecule has 1 saturated heterocycles. The first-order chi connectivity index (χ1) is 15.4. The van der Waals surface area contributed by atoms with Crippen LogP contribution < -0.4 is 0 Å². The molecule has 1 aliphatic heterocycles. The molecule has 0 atom stereocenters. The summed E-state index contributed by atoms with van der Waals surface area (Å²) in [5.74, 6) is -4.08. The minimum absolute atomic E-state index is 0.0895. The van der Waals surface area contributed by atoms with E-state index in [-0.39, 0.29) is 30.7 Å². The third kappa shape index (κ3) is 18.4. The maximum Gasteiger partial charge on any atom is 0.317 e. The van der Waals surface area contributed by atoms with Crippen LogP contribution in [-0.2, 0) is 19.2 Å². The molecule has 1 heterocycles. The molecule has 12 nitrogen and oxygen atoms in total. The lowest BCUT2D eigenvalue weighted by molar-refractivity contribution is -0.141. The molecular formula is C18H29Cl3N4O8. The van der Waals surface area contributed by atoms with Gasteiger partial charge in [-0.2, -0.15) is 0 Å². The fraction of sp³-hybridized carbons (Fsp3) is 0.667. The molecule has 190 valence electrons. The van der Waals surface area contributed by atoms with Crippen LogP contribution in [0.1, 0.15) is 0 Å². The van der Waals surface area contributed by atoms with Gasteiger partial charge in [-0.3, -0.25) is 38.8 Å². The average molecular weight is 536 g/mol. The van der Waals surface area contributed by atoms with Crippen molar-refractivity contribution in [1.82, 2.24) is 19.6 Å². The fourth-order valence-electron chi connectivity index (χ4n) is 2.98. The van der Waals surface area contributed by atoms with Gasteiger partial charge in [0.2, 0.25) is 0 Å². The number of hydrogen-bond acceptors (Lipinski definition) is 8. The van der Waals surface area contributed by atoms with Gasteiger partial charge in [0.25, 0.3) is 0 Å². The summed E-state index contributed by atoms with van der Waals surface area (Å²) in [5, 5.41) is 36.3. The lowest BCUT2D eigenvalue weighted by atomic mass is 10.3. The molecule has 0 amide bonds. The number of carboxylic acids is 4. The van der Waals surface area contributed by atoms with Gasteiger partial charge in [0.1, 0.15) is 4.49 Å². The van der Waals surface area contributed by atoms with Gasteiger partial charge in [-0.1, -0.05) is 34.8 Å². The summed E-state index contributed by atoms with van der Waals surface area (Å²) in [6.45, 7) is 1.52. The van der Waals surface area contributed by atoms with Crippen molar-refractivity contribution in [3.63, 3.8) is 0 Å². The van der Waals surface area contributed by atoms with Crippen molar-refractivity contribution in [1.29, 1.82) is 0 Å². The predicted octanol–water partition coefficient (Wildman–Crippen LogP) is 0.0481. The van der Waals surface area contributed by atoms with Crippen LogP contribution in [0.3, 0.4) is 0 Å². The molecule has 0 saturated carbocycles. The number of hydrogen-bond donors (Lipinski definition) is 4. The Labute approximate surface area is 206 Å². The average Bonchev–Trinajstić information content (AvgIpc) is 2.68. The monoisotopic (exact) mass is 534 g/mol. The van der Waals surface area contributed by atoms with E-state index in [1.54, 1.807) is 19.6 Å². The summed E-state index contributed by atoms with van der Waals surface area (Å²) in [5.41, 5.74) is 1.09. The van der Waals surface area contributed by atoms with Crippen LogP contribution in [0.15, 0.2) is 10.0 Å². The highest BCUT2D eigenvalue weighted by Crippen LogP contribution is 2.06. The summed E-state index contributed by atoms with van der Waals surface area (Å²) in [7, 11) is 0. The molecule has 0 radical (unpaired) electrons. The van der Waals surface area contributed by atoms with E-state index in [0.29, 0.717) is 52.4 Å². The second-order valence-corrected chi connectivity index (χ2v) is 8.30. The first-order valence-corrected chi connectivity index (χ1v) is 11.0. The van der Waals surface area contributed by atoms with Crippen LogP contribution in [0.5, 0.6) is 0 Å². The molecule has 0 spiro atoms. The van der Waals surface area contributed by atoms with Crippen molar-refractivity contribution in [3.8, 4) is 0 Å². The standard InChI is InChI=1S/C16H28N4O8.C2HCl3/c21-13(22)9-17-1-2-18(10-14(23)24)5-6-20(12-16(27)28)8-7-19(4-3-17)11-15(25)26;3-1-2(4)5/h1-12H2,(H,21,22)(H,23,24)(H,25,26)(H,27,28);1H. The van der Waals surface area contributed by atoms with E-state index < -0.39 is 23.9 Å². The lowest BCUT2D eigenvalue weighted by Gasteiger charge is -2.32. The van der Waals surface area contributed by atoms with Crippen molar-refractivity contribution in [2.75, 3.05) is 78.5 Å². The number of carbonyl (C=O) groups is 4. The van der Waals surface area contributed by atoms with E-state index in [4.69, 9.17) is 55.2 Å². The number of rotatable bonds is 8. The van der Waals surface area contributed by atoms with Gasteiger partial charge in [0.05, 0.1) is 26.2 Å². The SMILES string of the molecule is ClC=C(Cl)Cl.O=C(O)CN1CCN(CC(=O)O)CCN(CC(=O)O)CCN(CC(=O)O)CC1. The zero-order valence-electron chi connectivity index (χ0n) is 17.9. The molecule has 1 fully saturated rings. The third-order valence-corrected chi connectivity index (χ3v) is 5.11. The zero-order valence-corrected chi connectivity index (χ0v) is 20.2. The summed E-state index contributed by atoms with van der Waals surface area (Å²) >= 11 is 14.8. The molecule has 0 bridgehead atoms. The molecule has 1 rings (SSSR count). The van der Waals surface area contributed by atoms with Gasteiger partial charge in [-0.15, -0.1) is 0 Å². The largest absolute Gasteiger partial charge is 0.480 e. The quantitative estimate of drug-likeness (QED) is 0.331. The van der Waals surface area contributed by atoms with E-state index in [2.05, 4.69) is 0 Å². The summed E-state index contributed by atoms with van der Waals surface area (Å²) in [6, 6.07) is 0. The highest BCUT2D eigenvalue weighted by atomic mass is 35.5. The van der Waals surface area contributed by atoms with Gasteiger partial charge in [-0.25, -0.2) is 0 Å². The van der Waals surface area contributed by atoms with Crippen molar-refractivity contribution in [3.05, 3.63) is 10.0 Å². The Morgan fingerprint density at radius 1 is 0.545 bits per heavy atom. The number of halogens is 3. The van der Waals surface area contributed by atoms with Crippen LogP contribution in [0.4, 0.5) is 0 Å². The van der Waals surface area contributed by atoms with Gasteiger partial charge in [-0.05, 0) is 0 Å². The number of aliphatic carboxylic acids is 4. The molecule has 1 aliphatic rings. The van der Waals surface area contributed by atoms with Crippen molar-refractivity contribution >= 4 is 58.7 Å². The van der Waals surface area contributed by atoms with E-state index in [1.807, 2.05) is 0 Å². The van der Waals surface area contributed by atoms with E-state index >= 15 is 0 Å². The summed E-state index contributed by atoms with van der Waals surface area (Å²) < 4.78 is 0.0895. The zero-order chi connectivity index (χ0) is 25.4. The Bertz CT molecular complexity index is 567. The Balaban J connectivity index is 0.00000184. The maximum absolute atomic E-state index is 11.1. The van der Waals surface area contributed by atoms with Crippen molar-refractivity contribution < 1.29 is 39.6 Å². The predicted molar refractivity (Wildman–Crippen MR) is 122 cm³/mol. The maximum atomic E-state index is 11.1. The minimum atomic E-state index is -1.02. The Kier molecular flexibility index (Phi) is 16.9. The van der Waals surface area contributed by atoms with Crippen molar-refractivity contribution in [2.45, 2.75) is 0 Å². The molecule has 15 heteroatoms. The topological polar surface area (TPSA) is 162 Å². The Morgan fingerprint density at radius 2 is 0.697 bits per heavy atom. The molecule has 0 unspecified atom stereocenters. The first kappa shape index (κ1) is 31.3. The lowest BCUT2D eigenvalue weighted by Crippen LogP contribution is -2.49. The third-order valence-electron chi connectivity index (χ3n) is 4.45. The van der Waals surface area contributed by atoms with Crippen LogP contribution >= 0.6 is 34.8 Å². The molecule has 4 N–H and O–H groups in total. The summed E-state index contributed by atoms with van der Waals surface area (Å²) in [6.07, 6.45) is 0. The van der Waals surface area contributed by atoms with Gasteiger partial charge in [0, 0.05) is 57.9 Å².